The summed E-state index contributed by atoms with van der Waals surface area (Å²) in [5.41, 5.74) is 0. The topological polar surface area (TPSA) is 68.3 Å². The van der Waals surface area contributed by atoms with Gasteiger partial charge in [0.25, 0.3) is 0 Å². The molecule has 7 atom stereocenters. The molecule has 1 N–H and O–H groups in total. The largest absolute Gasteiger partial charge is 0.456 e. The fourth-order valence-electron chi connectivity index (χ4n) is 3.09. The van der Waals surface area contributed by atoms with Crippen molar-refractivity contribution in [2.75, 3.05) is 0 Å². The van der Waals surface area contributed by atoms with Crippen LogP contribution in [0.4, 0.5) is 0 Å². The number of fused-ring (bicyclic) bond motifs is 1. The monoisotopic (exact) mass is 280 g/mol. The lowest BCUT2D eigenvalue weighted by atomic mass is 9.89. The van der Waals surface area contributed by atoms with E-state index >= 15 is 0 Å². The number of carbonyl (C=O) groups is 1. The summed E-state index contributed by atoms with van der Waals surface area (Å²) < 4.78 is 16.4. The van der Waals surface area contributed by atoms with Gasteiger partial charge in [0.05, 0.1) is 18.1 Å². The predicted molar refractivity (Wildman–Crippen MR) is 70.9 cm³/mol. The molecule has 5 nitrogen and oxygen atoms in total. The predicted octanol–water partition coefficient (Wildman–Crippen LogP) is 0.966. The molecule has 3 rings (SSSR count). The molecule has 20 heavy (non-hydrogen) atoms. The number of rotatable bonds is 4. The third kappa shape index (κ3) is 2.41. The second-order valence-electron chi connectivity index (χ2n) is 5.65. The second kappa shape index (κ2) is 5.31. The Morgan fingerprint density at radius 1 is 1.15 bits per heavy atom. The molecule has 5 heteroatoms. The summed E-state index contributed by atoms with van der Waals surface area (Å²) in [7, 11) is 0. The van der Waals surface area contributed by atoms with E-state index in [0.717, 1.165) is 19.3 Å². The number of hydrogen-bond donors (Lipinski definition) is 1. The maximum absolute atomic E-state index is 12.2. The van der Waals surface area contributed by atoms with Crippen molar-refractivity contribution in [2.45, 2.75) is 55.9 Å². The molecular formula is C15H20O5. The van der Waals surface area contributed by atoms with E-state index in [4.69, 9.17) is 14.2 Å². The summed E-state index contributed by atoms with van der Waals surface area (Å²) in [4.78, 5) is 12.2. The molecular weight excluding hydrogens is 260 g/mol. The maximum Gasteiger partial charge on any atom is 0.309 e. The van der Waals surface area contributed by atoms with Gasteiger partial charge in [0.1, 0.15) is 18.3 Å². The lowest BCUT2D eigenvalue weighted by Crippen LogP contribution is -2.38. The standard InChI is InChI=1S/C15H20O5/c1-3-9-13(16)14(10(4-2)18-9)20-15(17)8-5-6-11-12(7-8)19-11/h3-4,8-14,16H,1-2,5-7H2. The van der Waals surface area contributed by atoms with Crippen LogP contribution in [-0.4, -0.2) is 47.7 Å². The van der Waals surface area contributed by atoms with Crippen LogP contribution in [0.15, 0.2) is 25.3 Å². The Morgan fingerprint density at radius 3 is 2.55 bits per heavy atom. The molecule has 0 bridgehead atoms. The van der Waals surface area contributed by atoms with Crippen LogP contribution in [0.25, 0.3) is 0 Å². The third-order valence-electron chi connectivity index (χ3n) is 4.37. The maximum atomic E-state index is 12.2. The SMILES string of the molecule is C=CC1OC(C=C)C(OC(=O)C2CCC3OC3C2)C1O. The number of hydrogen-bond acceptors (Lipinski definition) is 5. The molecule has 3 fully saturated rings. The number of ether oxygens (including phenoxy) is 3. The Hall–Kier alpha value is -1.17. The van der Waals surface area contributed by atoms with Crippen molar-refractivity contribution in [1.29, 1.82) is 0 Å². The van der Waals surface area contributed by atoms with Gasteiger partial charge in [-0.2, -0.15) is 0 Å². The van der Waals surface area contributed by atoms with Crippen molar-refractivity contribution in [3.05, 3.63) is 25.3 Å². The molecule has 7 unspecified atom stereocenters. The summed E-state index contributed by atoms with van der Waals surface area (Å²) >= 11 is 0. The zero-order valence-corrected chi connectivity index (χ0v) is 11.3. The van der Waals surface area contributed by atoms with Crippen molar-refractivity contribution in [2.24, 2.45) is 5.92 Å². The third-order valence-corrected chi connectivity index (χ3v) is 4.37. The Labute approximate surface area is 118 Å². The number of carbonyl (C=O) groups excluding carboxylic acids is 1. The smallest absolute Gasteiger partial charge is 0.309 e. The number of aliphatic hydroxyl groups is 1. The van der Waals surface area contributed by atoms with Crippen LogP contribution in [0.3, 0.4) is 0 Å². The van der Waals surface area contributed by atoms with E-state index in [1.807, 2.05) is 0 Å². The second-order valence-corrected chi connectivity index (χ2v) is 5.65. The lowest BCUT2D eigenvalue weighted by Gasteiger charge is -2.23. The summed E-state index contributed by atoms with van der Waals surface area (Å²) in [5, 5.41) is 10.1. The summed E-state index contributed by atoms with van der Waals surface area (Å²) in [6, 6.07) is 0. The Morgan fingerprint density at radius 2 is 1.90 bits per heavy atom. The van der Waals surface area contributed by atoms with Crippen molar-refractivity contribution in [3.8, 4) is 0 Å². The highest BCUT2D eigenvalue weighted by atomic mass is 16.6. The molecule has 110 valence electrons. The Bertz CT molecular complexity index is 420. The van der Waals surface area contributed by atoms with Gasteiger partial charge < -0.3 is 19.3 Å². The van der Waals surface area contributed by atoms with Crippen LogP contribution in [0.5, 0.6) is 0 Å². The molecule has 3 aliphatic rings. The normalized spacial score (nSPS) is 46.4. The van der Waals surface area contributed by atoms with Crippen molar-refractivity contribution >= 4 is 5.97 Å². The minimum Gasteiger partial charge on any atom is -0.456 e. The van der Waals surface area contributed by atoms with Gasteiger partial charge in [0.2, 0.25) is 0 Å². The van der Waals surface area contributed by atoms with Gasteiger partial charge in [-0.05, 0) is 19.3 Å². The van der Waals surface area contributed by atoms with E-state index in [2.05, 4.69) is 13.2 Å². The van der Waals surface area contributed by atoms with Crippen LogP contribution in [0.2, 0.25) is 0 Å². The molecule has 1 aliphatic carbocycles. The lowest BCUT2D eigenvalue weighted by molar-refractivity contribution is -0.160. The molecule has 0 radical (unpaired) electrons. The van der Waals surface area contributed by atoms with Crippen molar-refractivity contribution < 1.29 is 24.1 Å². The molecule has 2 aliphatic heterocycles. The molecule has 0 aromatic rings. The number of esters is 1. The molecule has 2 saturated heterocycles. The molecule has 0 amide bonds. The first-order valence-corrected chi connectivity index (χ1v) is 7.08. The van der Waals surface area contributed by atoms with Gasteiger partial charge >= 0.3 is 5.97 Å². The fraction of sp³-hybridized carbons (Fsp3) is 0.667. The highest BCUT2D eigenvalue weighted by Gasteiger charge is 2.48. The summed E-state index contributed by atoms with van der Waals surface area (Å²) in [6.45, 7) is 7.26. The fourth-order valence-corrected chi connectivity index (χ4v) is 3.09. The van der Waals surface area contributed by atoms with Crippen LogP contribution in [0.1, 0.15) is 19.3 Å². The minimum absolute atomic E-state index is 0.140. The first-order valence-electron chi connectivity index (χ1n) is 7.08. The summed E-state index contributed by atoms with van der Waals surface area (Å²) in [5.74, 6) is -0.414. The van der Waals surface area contributed by atoms with Gasteiger partial charge in [-0.15, -0.1) is 13.2 Å². The number of epoxide rings is 1. The van der Waals surface area contributed by atoms with E-state index in [1.54, 1.807) is 6.08 Å². The molecule has 0 aromatic carbocycles. The van der Waals surface area contributed by atoms with Gasteiger partial charge in [-0.1, -0.05) is 12.2 Å². The quantitative estimate of drug-likeness (QED) is 0.472. The minimum atomic E-state index is -0.895. The summed E-state index contributed by atoms with van der Waals surface area (Å²) in [6.07, 6.45) is 3.42. The van der Waals surface area contributed by atoms with E-state index in [-0.39, 0.29) is 18.0 Å². The zero-order chi connectivity index (χ0) is 14.3. The molecule has 0 spiro atoms. The van der Waals surface area contributed by atoms with Crippen molar-refractivity contribution in [1.82, 2.24) is 0 Å². The highest BCUT2D eigenvalue weighted by Crippen LogP contribution is 2.40. The van der Waals surface area contributed by atoms with Crippen LogP contribution in [-0.2, 0) is 19.0 Å². The Balaban J connectivity index is 1.61. The average Bonchev–Trinajstić information content (AvgIpc) is 3.18. The first kappa shape index (κ1) is 13.8. The Kier molecular flexibility index (Phi) is 3.67. The van der Waals surface area contributed by atoms with Gasteiger partial charge in [0.15, 0.2) is 6.10 Å². The molecule has 1 saturated carbocycles. The van der Waals surface area contributed by atoms with Gasteiger partial charge in [0, 0.05) is 0 Å². The molecule has 2 heterocycles. The van der Waals surface area contributed by atoms with Crippen LogP contribution in [0, 0.1) is 5.92 Å². The molecule has 0 aromatic heterocycles. The average molecular weight is 280 g/mol. The van der Waals surface area contributed by atoms with Crippen molar-refractivity contribution in [3.63, 3.8) is 0 Å². The van der Waals surface area contributed by atoms with Crippen LogP contribution >= 0.6 is 0 Å². The van der Waals surface area contributed by atoms with E-state index in [0.29, 0.717) is 6.10 Å². The van der Waals surface area contributed by atoms with E-state index in [1.165, 1.54) is 6.08 Å². The van der Waals surface area contributed by atoms with E-state index < -0.39 is 24.4 Å². The zero-order valence-electron chi connectivity index (χ0n) is 11.3. The van der Waals surface area contributed by atoms with E-state index in [9.17, 15) is 9.90 Å². The first-order chi connectivity index (χ1) is 9.63. The van der Waals surface area contributed by atoms with Crippen LogP contribution < -0.4 is 0 Å². The number of aliphatic hydroxyl groups excluding tert-OH is 1. The van der Waals surface area contributed by atoms with Gasteiger partial charge in [-0.25, -0.2) is 0 Å². The van der Waals surface area contributed by atoms with Gasteiger partial charge in [-0.3, -0.25) is 4.79 Å². The highest BCUT2D eigenvalue weighted by molar-refractivity contribution is 5.73.